The van der Waals surface area contributed by atoms with E-state index in [1.165, 1.54) is 63.1 Å². The van der Waals surface area contributed by atoms with E-state index >= 15 is 0 Å². The van der Waals surface area contributed by atoms with Crippen molar-refractivity contribution in [2.24, 2.45) is 0 Å². The lowest BCUT2D eigenvalue weighted by Crippen LogP contribution is -2.13. The van der Waals surface area contributed by atoms with Crippen molar-refractivity contribution in [3.8, 4) is 28.4 Å². The van der Waals surface area contributed by atoms with Gasteiger partial charge in [-0.2, -0.15) is 0 Å². The highest BCUT2D eigenvalue weighted by molar-refractivity contribution is 5.91. The van der Waals surface area contributed by atoms with E-state index in [1.807, 2.05) is 43.3 Å². The van der Waals surface area contributed by atoms with E-state index in [0.29, 0.717) is 5.56 Å². The number of carbonyl (C=O) groups is 1. The highest BCUT2D eigenvalue weighted by Crippen LogP contribution is 2.33. The summed E-state index contributed by atoms with van der Waals surface area (Å²) in [6, 6.07) is 19.3. The molecule has 0 heterocycles. The van der Waals surface area contributed by atoms with Crippen LogP contribution >= 0.6 is 0 Å². The van der Waals surface area contributed by atoms with Crippen molar-refractivity contribution in [1.82, 2.24) is 0 Å². The number of carbonyl (C=O) groups excluding carboxylic acids is 1. The lowest BCUT2D eigenvalue weighted by atomic mass is 10.0. The maximum atomic E-state index is 12.8. The Morgan fingerprint density at radius 2 is 1.27 bits per heavy atom. The number of nitrogens with zero attached hydrogens (tertiary/aromatic N) is 1. The molecule has 44 heavy (non-hydrogen) atoms. The predicted molar refractivity (Wildman–Crippen MR) is 177 cm³/mol. The van der Waals surface area contributed by atoms with Crippen molar-refractivity contribution in [2.45, 2.75) is 110 Å². The lowest BCUT2D eigenvalue weighted by Gasteiger charge is -2.15. The van der Waals surface area contributed by atoms with E-state index in [4.69, 9.17) is 14.2 Å². The average molecular weight is 604 g/mol. The molecule has 0 spiro atoms. The number of benzene rings is 3. The number of hydrogen-bond donors (Lipinski definition) is 0. The first kappa shape index (κ1) is 34.6. The van der Waals surface area contributed by atoms with Crippen molar-refractivity contribution >= 4 is 11.7 Å². The van der Waals surface area contributed by atoms with Crippen molar-refractivity contribution in [3.63, 3.8) is 0 Å². The summed E-state index contributed by atoms with van der Waals surface area (Å²) in [6.45, 7) is 7.03. The summed E-state index contributed by atoms with van der Waals surface area (Å²) in [6.07, 6.45) is 15.3. The Morgan fingerprint density at radius 1 is 0.727 bits per heavy atom. The molecule has 0 fully saturated rings. The van der Waals surface area contributed by atoms with Gasteiger partial charge in [0.1, 0.15) is 11.5 Å². The van der Waals surface area contributed by atoms with Gasteiger partial charge >= 0.3 is 11.7 Å². The van der Waals surface area contributed by atoms with Crippen molar-refractivity contribution in [1.29, 1.82) is 0 Å². The van der Waals surface area contributed by atoms with Gasteiger partial charge in [-0.05, 0) is 73.7 Å². The van der Waals surface area contributed by atoms with Gasteiger partial charge in [-0.25, -0.2) is 4.79 Å². The predicted octanol–water partition coefficient (Wildman–Crippen LogP) is 10.7. The largest absolute Gasteiger partial charge is 0.494 e. The maximum Gasteiger partial charge on any atom is 0.343 e. The monoisotopic (exact) mass is 603 g/mol. The van der Waals surface area contributed by atoms with E-state index in [1.54, 1.807) is 12.1 Å². The summed E-state index contributed by atoms with van der Waals surface area (Å²) in [5, 5.41) is 11.7. The zero-order valence-corrected chi connectivity index (χ0v) is 26.7. The van der Waals surface area contributed by atoms with Crippen LogP contribution in [-0.4, -0.2) is 23.6 Å². The van der Waals surface area contributed by atoms with Gasteiger partial charge in [-0.15, -0.1) is 0 Å². The minimum absolute atomic E-state index is 0.0938. The number of unbranched alkanes of at least 4 members (excludes halogenated alkanes) is 10. The molecule has 0 saturated heterocycles. The number of esters is 1. The van der Waals surface area contributed by atoms with E-state index in [2.05, 4.69) is 13.8 Å². The molecule has 3 aromatic rings. The fourth-order valence-corrected chi connectivity index (χ4v) is 5.07. The highest BCUT2D eigenvalue weighted by Gasteiger charge is 2.20. The molecule has 1 atom stereocenters. The third-order valence-electron chi connectivity index (χ3n) is 7.70. The van der Waals surface area contributed by atoms with Gasteiger partial charge < -0.3 is 14.2 Å². The molecule has 0 bridgehead atoms. The third kappa shape index (κ3) is 12.0. The second-order valence-electron chi connectivity index (χ2n) is 11.5. The van der Waals surface area contributed by atoms with Gasteiger partial charge in [0, 0.05) is 0 Å². The molecule has 0 N–H and O–H groups in total. The molecular formula is C37H49NO6. The van der Waals surface area contributed by atoms with Gasteiger partial charge in [0.05, 0.1) is 29.3 Å². The quantitative estimate of drug-likeness (QED) is 0.0396. The van der Waals surface area contributed by atoms with Crippen molar-refractivity contribution in [2.75, 3.05) is 6.61 Å². The normalized spacial score (nSPS) is 11.6. The molecule has 0 radical (unpaired) electrons. The molecule has 238 valence electrons. The van der Waals surface area contributed by atoms with Gasteiger partial charge in [0.25, 0.3) is 0 Å². The van der Waals surface area contributed by atoms with Gasteiger partial charge in [-0.1, -0.05) is 102 Å². The SMILES string of the molecule is CCCCCCCCCCOc1ccc(-c2ccc(C(=O)Oc3ccc(OC(C)CCCCCC)c([N+](=O)[O-])c3)cc2)cc1. The van der Waals surface area contributed by atoms with Crippen LogP contribution in [0.4, 0.5) is 5.69 Å². The lowest BCUT2D eigenvalue weighted by molar-refractivity contribution is -0.386. The van der Waals surface area contributed by atoms with Crippen LogP contribution in [0, 0.1) is 10.1 Å². The topological polar surface area (TPSA) is 87.9 Å². The van der Waals surface area contributed by atoms with Crippen LogP contribution in [0.1, 0.15) is 115 Å². The molecule has 0 aliphatic heterocycles. The standard InChI is InChI=1S/C37H49NO6/c1-4-6-8-10-11-12-13-15-27-42-33-23-21-31(22-24-33)30-17-19-32(20-18-30)37(39)44-34-25-26-36(35(28-34)38(40)41)43-29(3)16-14-9-7-5-2/h17-26,28-29H,4-16,27H2,1-3H3. The smallest absolute Gasteiger partial charge is 0.343 e. The number of nitro benzene ring substituents is 1. The molecule has 0 saturated carbocycles. The molecule has 0 aromatic heterocycles. The fraction of sp³-hybridized carbons (Fsp3) is 0.486. The van der Waals surface area contributed by atoms with Crippen LogP contribution in [0.3, 0.4) is 0 Å². The second-order valence-corrected chi connectivity index (χ2v) is 11.5. The van der Waals surface area contributed by atoms with E-state index in [-0.39, 0.29) is 23.3 Å². The van der Waals surface area contributed by atoms with Gasteiger partial charge in [0.2, 0.25) is 0 Å². The van der Waals surface area contributed by atoms with Crippen LogP contribution in [0.15, 0.2) is 66.7 Å². The Balaban J connectivity index is 1.49. The first-order chi connectivity index (χ1) is 21.4. The number of hydrogen-bond acceptors (Lipinski definition) is 6. The zero-order chi connectivity index (χ0) is 31.6. The Bertz CT molecular complexity index is 1270. The number of rotatable bonds is 21. The van der Waals surface area contributed by atoms with Crippen LogP contribution in [0.5, 0.6) is 17.2 Å². The van der Waals surface area contributed by atoms with Gasteiger partial charge in [-0.3, -0.25) is 10.1 Å². The van der Waals surface area contributed by atoms with Crippen LogP contribution in [0.2, 0.25) is 0 Å². The van der Waals surface area contributed by atoms with Crippen molar-refractivity contribution < 1.29 is 23.9 Å². The molecule has 3 aromatic carbocycles. The molecule has 0 aliphatic carbocycles. The van der Waals surface area contributed by atoms with Crippen LogP contribution in [0.25, 0.3) is 11.1 Å². The molecule has 1 unspecified atom stereocenters. The summed E-state index contributed by atoms with van der Waals surface area (Å²) in [7, 11) is 0. The first-order valence-corrected chi connectivity index (χ1v) is 16.4. The molecule has 0 aliphatic rings. The van der Waals surface area contributed by atoms with Crippen LogP contribution in [-0.2, 0) is 0 Å². The first-order valence-electron chi connectivity index (χ1n) is 16.4. The number of nitro groups is 1. The third-order valence-corrected chi connectivity index (χ3v) is 7.70. The molecule has 0 amide bonds. The average Bonchev–Trinajstić information content (AvgIpc) is 3.03. The minimum atomic E-state index is -0.589. The Morgan fingerprint density at radius 3 is 1.89 bits per heavy atom. The van der Waals surface area contributed by atoms with Gasteiger partial charge in [0.15, 0.2) is 5.75 Å². The Labute approximate surface area is 263 Å². The van der Waals surface area contributed by atoms with Crippen LogP contribution < -0.4 is 14.2 Å². The summed E-state index contributed by atoms with van der Waals surface area (Å²) in [5.74, 6) is 0.528. The molecule has 3 rings (SSSR count). The van der Waals surface area contributed by atoms with E-state index < -0.39 is 10.9 Å². The molecule has 7 heteroatoms. The number of ether oxygens (including phenoxy) is 3. The summed E-state index contributed by atoms with van der Waals surface area (Å²) >= 11 is 0. The summed E-state index contributed by atoms with van der Waals surface area (Å²) in [5.41, 5.74) is 2.09. The maximum absolute atomic E-state index is 12.8. The fourth-order valence-electron chi connectivity index (χ4n) is 5.07. The highest BCUT2D eigenvalue weighted by atomic mass is 16.6. The zero-order valence-electron chi connectivity index (χ0n) is 26.7. The van der Waals surface area contributed by atoms with E-state index in [0.717, 1.165) is 62.0 Å². The second kappa shape index (κ2) is 19.4. The summed E-state index contributed by atoms with van der Waals surface area (Å²) < 4.78 is 17.2. The molecule has 7 nitrogen and oxygen atoms in total. The Hall–Kier alpha value is -3.87. The minimum Gasteiger partial charge on any atom is -0.494 e. The van der Waals surface area contributed by atoms with Crippen molar-refractivity contribution in [3.05, 3.63) is 82.4 Å². The molecular weight excluding hydrogens is 554 g/mol. The summed E-state index contributed by atoms with van der Waals surface area (Å²) in [4.78, 5) is 24.0. The van der Waals surface area contributed by atoms with E-state index in [9.17, 15) is 14.9 Å². The Kier molecular flexibility index (Phi) is 15.3.